The number of aliphatic imine (C=N–C) groups is 1. The predicted octanol–water partition coefficient (Wildman–Crippen LogP) is 1.22. The van der Waals surface area contributed by atoms with Gasteiger partial charge in [-0.05, 0) is 38.2 Å². The lowest BCUT2D eigenvalue weighted by Crippen LogP contribution is -2.52. The molecule has 33 heavy (non-hydrogen) atoms. The Kier molecular flexibility index (Phi) is 8.75. The third-order valence-corrected chi connectivity index (χ3v) is 5.94. The van der Waals surface area contributed by atoms with E-state index in [0.29, 0.717) is 24.5 Å². The van der Waals surface area contributed by atoms with Gasteiger partial charge in [-0.15, -0.1) is 0 Å². The summed E-state index contributed by atoms with van der Waals surface area (Å²) in [6, 6.07) is 4.92. The molecule has 3 rings (SSSR count). The van der Waals surface area contributed by atoms with E-state index in [1.807, 2.05) is 23.2 Å². The average Bonchev–Trinajstić information content (AvgIpc) is 3.32. The zero-order chi connectivity index (χ0) is 23.6. The van der Waals surface area contributed by atoms with Crippen molar-refractivity contribution in [1.29, 1.82) is 5.26 Å². The van der Waals surface area contributed by atoms with Crippen LogP contribution in [0.15, 0.2) is 23.2 Å². The second kappa shape index (κ2) is 11.9. The Labute approximate surface area is 194 Å². The number of ether oxygens (including phenoxy) is 2. The minimum absolute atomic E-state index is 0.00402. The number of benzene rings is 1. The first-order valence-electron chi connectivity index (χ1n) is 11.3. The summed E-state index contributed by atoms with van der Waals surface area (Å²) in [5.74, 6) is 1.21. The van der Waals surface area contributed by atoms with Crippen molar-refractivity contribution >= 4 is 17.8 Å². The zero-order valence-corrected chi connectivity index (χ0v) is 19.3. The molecule has 0 aliphatic carbocycles. The van der Waals surface area contributed by atoms with Crippen LogP contribution in [-0.4, -0.2) is 74.0 Å². The highest BCUT2D eigenvalue weighted by molar-refractivity contribution is 5.92. The van der Waals surface area contributed by atoms with Gasteiger partial charge in [-0.2, -0.15) is 5.26 Å². The zero-order valence-electron chi connectivity index (χ0n) is 19.3. The van der Waals surface area contributed by atoms with Crippen LogP contribution in [0.1, 0.15) is 37.7 Å². The first kappa shape index (κ1) is 24.2. The quantitative estimate of drug-likeness (QED) is 0.274. The lowest BCUT2D eigenvalue weighted by Gasteiger charge is -2.27. The molecule has 1 aromatic carbocycles. The Morgan fingerprint density at radius 1 is 1.18 bits per heavy atom. The summed E-state index contributed by atoms with van der Waals surface area (Å²) >= 11 is 0. The second-order valence-electron chi connectivity index (χ2n) is 8.09. The van der Waals surface area contributed by atoms with E-state index in [1.165, 1.54) is 0 Å². The molecule has 10 nitrogen and oxygen atoms in total. The van der Waals surface area contributed by atoms with E-state index < -0.39 is 6.04 Å². The highest BCUT2D eigenvalue weighted by Gasteiger charge is 2.30. The van der Waals surface area contributed by atoms with E-state index in [1.54, 1.807) is 25.2 Å². The fourth-order valence-corrected chi connectivity index (χ4v) is 4.21. The first-order valence-corrected chi connectivity index (χ1v) is 11.3. The van der Waals surface area contributed by atoms with E-state index in [-0.39, 0.29) is 30.9 Å². The Hall–Kier alpha value is -3.48. The van der Waals surface area contributed by atoms with E-state index in [4.69, 9.17) is 9.47 Å². The molecule has 2 aliphatic heterocycles. The molecule has 1 unspecified atom stereocenters. The first-order chi connectivity index (χ1) is 16.1. The van der Waals surface area contributed by atoms with Crippen LogP contribution in [0.5, 0.6) is 11.5 Å². The summed E-state index contributed by atoms with van der Waals surface area (Å²) in [6.45, 7) is 2.39. The molecule has 10 heteroatoms. The van der Waals surface area contributed by atoms with Crippen LogP contribution in [0.3, 0.4) is 0 Å². The molecule has 178 valence electrons. The maximum atomic E-state index is 13.2. The van der Waals surface area contributed by atoms with Crippen molar-refractivity contribution in [3.05, 3.63) is 23.8 Å². The molecule has 2 aliphatic rings. The van der Waals surface area contributed by atoms with Crippen molar-refractivity contribution in [2.75, 3.05) is 40.4 Å². The largest absolute Gasteiger partial charge is 0.493 e. The number of nitriles is 1. The molecule has 1 aromatic rings. The molecule has 2 saturated heterocycles. The molecule has 2 N–H and O–H groups in total. The van der Waals surface area contributed by atoms with Crippen LogP contribution in [-0.2, 0) is 16.1 Å². The average molecular weight is 457 g/mol. The third kappa shape index (κ3) is 6.28. The summed E-state index contributed by atoms with van der Waals surface area (Å²) in [6.07, 6.45) is 6.17. The molecule has 0 spiro atoms. The number of nitrogens with one attached hydrogen (secondary N) is 2. The SMILES string of the molecule is COc1cccc(CN=C(NC#N)NC2CCCCN(CC(=O)N3CCCC3)C2=O)c1OC. The van der Waals surface area contributed by atoms with Gasteiger partial charge in [-0.1, -0.05) is 12.1 Å². The van der Waals surface area contributed by atoms with Gasteiger partial charge in [-0.25, -0.2) is 4.99 Å². The van der Waals surface area contributed by atoms with Crippen LogP contribution < -0.4 is 20.1 Å². The van der Waals surface area contributed by atoms with E-state index in [0.717, 1.165) is 44.3 Å². The van der Waals surface area contributed by atoms with Gasteiger partial charge in [0.15, 0.2) is 17.7 Å². The highest BCUT2D eigenvalue weighted by atomic mass is 16.5. The number of carbonyl (C=O) groups is 2. The van der Waals surface area contributed by atoms with Crippen LogP contribution in [0.25, 0.3) is 0 Å². The lowest BCUT2D eigenvalue weighted by molar-refractivity contribution is -0.140. The number of hydrogen-bond acceptors (Lipinski definition) is 6. The van der Waals surface area contributed by atoms with Gasteiger partial charge in [0.1, 0.15) is 6.04 Å². The smallest absolute Gasteiger partial charge is 0.245 e. The Bertz CT molecular complexity index is 907. The van der Waals surface area contributed by atoms with Crippen molar-refractivity contribution in [2.24, 2.45) is 4.99 Å². The number of para-hydroxylation sites is 1. The molecule has 1 atom stereocenters. The number of amides is 2. The predicted molar refractivity (Wildman–Crippen MR) is 123 cm³/mol. The van der Waals surface area contributed by atoms with E-state index in [9.17, 15) is 14.9 Å². The maximum Gasteiger partial charge on any atom is 0.245 e. The maximum absolute atomic E-state index is 13.2. The molecule has 0 aromatic heterocycles. The minimum Gasteiger partial charge on any atom is -0.493 e. The van der Waals surface area contributed by atoms with Crippen molar-refractivity contribution in [3.8, 4) is 17.7 Å². The molecular formula is C23H32N6O4. The molecule has 0 saturated carbocycles. The summed E-state index contributed by atoms with van der Waals surface area (Å²) in [5, 5.41) is 14.8. The van der Waals surface area contributed by atoms with Gasteiger partial charge in [0.05, 0.1) is 27.3 Å². The topological polar surface area (TPSA) is 119 Å². The molecule has 2 amide bonds. The van der Waals surface area contributed by atoms with E-state index >= 15 is 0 Å². The number of carbonyl (C=O) groups excluding carboxylic acids is 2. The fraction of sp³-hybridized carbons (Fsp3) is 0.565. The summed E-state index contributed by atoms with van der Waals surface area (Å²) < 4.78 is 10.8. The van der Waals surface area contributed by atoms with Crippen LogP contribution >= 0.6 is 0 Å². The summed E-state index contributed by atoms with van der Waals surface area (Å²) in [4.78, 5) is 33.7. The molecule has 2 heterocycles. The monoisotopic (exact) mass is 456 g/mol. The number of nitrogens with zero attached hydrogens (tertiary/aromatic N) is 4. The number of methoxy groups -OCH3 is 2. The van der Waals surface area contributed by atoms with Crippen molar-refractivity contribution in [3.63, 3.8) is 0 Å². The molecule has 0 bridgehead atoms. The van der Waals surface area contributed by atoms with E-state index in [2.05, 4.69) is 15.6 Å². The van der Waals surface area contributed by atoms with Crippen LogP contribution in [0.4, 0.5) is 0 Å². The Morgan fingerprint density at radius 2 is 1.94 bits per heavy atom. The minimum atomic E-state index is -0.564. The van der Waals surface area contributed by atoms with Gasteiger partial charge >= 0.3 is 0 Å². The van der Waals surface area contributed by atoms with Gasteiger partial charge in [0, 0.05) is 25.2 Å². The number of guanidine groups is 1. The van der Waals surface area contributed by atoms with Gasteiger partial charge in [0.2, 0.25) is 17.8 Å². The number of likely N-dealkylation sites (tertiary alicyclic amines) is 2. The van der Waals surface area contributed by atoms with Crippen LogP contribution in [0.2, 0.25) is 0 Å². The Morgan fingerprint density at radius 3 is 2.64 bits per heavy atom. The van der Waals surface area contributed by atoms with Crippen molar-refractivity contribution in [1.82, 2.24) is 20.4 Å². The molecule has 0 radical (unpaired) electrons. The highest BCUT2D eigenvalue weighted by Crippen LogP contribution is 2.31. The fourth-order valence-electron chi connectivity index (χ4n) is 4.21. The standard InChI is InChI=1S/C23H32N6O4/c1-32-19-10-7-8-17(21(19)33-2)14-25-23(26-16-24)27-18-9-3-4-13-29(22(18)31)15-20(30)28-11-5-6-12-28/h7-8,10,18H,3-6,9,11-15H2,1-2H3,(H2,25,26,27). The number of rotatable bonds is 7. The van der Waals surface area contributed by atoms with Crippen LogP contribution in [0, 0.1) is 11.5 Å². The lowest BCUT2D eigenvalue weighted by atomic mass is 10.1. The van der Waals surface area contributed by atoms with Crippen molar-refractivity contribution < 1.29 is 19.1 Å². The summed E-state index contributed by atoms with van der Waals surface area (Å²) in [5.41, 5.74) is 0.779. The van der Waals surface area contributed by atoms with Crippen molar-refractivity contribution in [2.45, 2.75) is 44.7 Å². The molecular weight excluding hydrogens is 424 g/mol. The summed E-state index contributed by atoms with van der Waals surface area (Å²) in [7, 11) is 3.12. The second-order valence-corrected chi connectivity index (χ2v) is 8.09. The third-order valence-electron chi connectivity index (χ3n) is 5.94. The molecule has 2 fully saturated rings. The van der Waals surface area contributed by atoms with Gasteiger partial charge in [-0.3, -0.25) is 14.9 Å². The number of hydrogen-bond donors (Lipinski definition) is 2. The van der Waals surface area contributed by atoms with Gasteiger partial charge < -0.3 is 24.6 Å². The van der Waals surface area contributed by atoms with Gasteiger partial charge in [0.25, 0.3) is 0 Å². The normalized spacial score (nSPS) is 19.0. The Balaban J connectivity index is 1.70.